The van der Waals surface area contributed by atoms with Crippen LogP contribution >= 0.6 is 0 Å². The summed E-state index contributed by atoms with van der Waals surface area (Å²) in [4.78, 5) is 11.2. The zero-order valence-electron chi connectivity index (χ0n) is 11.0. The third-order valence-electron chi connectivity index (χ3n) is 2.55. The van der Waals surface area contributed by atoms with Crippen LogP contribution in [-0.4, -0.2) is 29.0 Å². The Bertz CT molecular complexity index is 549. The van der Waals surface area contributed by atoms with Gasteiger partial charge in [-0.3, -0.25) is 0 Å². The number of benzene rings is 1. The highest BCUT2D eigenvalue weighted by atomic mass is 16.6. The first kappa shape index (κ1) is 13.1. The topological polar surface area (TPSA) is 53.4 Å². The molecule has 100 valence electrons. The van der Waals surface area contributed by atoms with Crippen LogP contribution in [0.3, 0.4) is 0 Å². The molecule has 0 aliphatic carbocycles. The molecular weight excluding hydrogens is 244 g/mol. The van der Waals surface area contributed by atoms with E-state index in [4.69, 9.17) is 9.47 Å². The van der Waals surface area contributed by atoms with Gasteiger partial charge >= 0.3 is 5.97 Å². The SMILES string of the molecule is CCOC(=O)COc1cc(-c2ccccc2)nn1C. The minimum Gasteiger partial charge on any atom is -0.466 e. The Labute approximate surface area is 111 Å². The minimum absolute atomic E-state index is 0.110. The normalized spacial score (nSPS) is 10.2. The molecule has 0 atom stereocenters. The lowest BCUT2D eigenvalue weighted by Gasteiger charge is -2.04. The first-order valence-corrected chi connectivity index (χ1v) is 6.08. The Kier molecular flexibility index (Phi) is 4.18. The second-order valence-corrected chi connectivity index (χ2v) is 3.95. The Morgan fingerprint density at radius 3 is 2.74 bits per heavy atom. The Balaban J connectivity index is 2.07. The molecule has 0 aliphatic heterocycles. The highest BCUT2D eigenvalue weighted by Gasteiger charge is 2.10. The number of esters is 1. The van der Waals surface area contributed by atoms with Crippen molar-refractivity contribution in [3.63, 3.8) is 0 Å². The van der Waals surface area contributed by atoms with Crippen LogP contribution in [0.4, 0.5) is 0 Å². The van der Waals surface area contributed by atoms with Gasteiger partial charge in [-0.15, -0.1) is 0 Å². The molecule has 1 heterocycles. The molecule has 5 nitrogen and oxygen atoms in total. The van der Waals surface area contributed by atoms with Crippen molar-refractivity contribution in [1.82, 2.24) is 9.78 Å². The van der Waals surface area contributed by atoms with Crippen molar-refractivity contribution >= 4 is 5.97 Å². The first-order valence-electron chi connectivity index (χ1n) is 6.08. The third-order valence-corrected chi connectivity index (χ3v) is 2.55. The average Bonchev–Trinajstić information content (AvgIpc) is 2.79. The molecule has 0 saturated carbocycles. The summed E-state index contributed by atoms with van der Waals surface area (Å²) in [6, 6.07) is 11.6. The summed E-state index contributed by atoms with van der Waals surface area (Å²) in [6.07, 6.45) is 0. The van der Waals surface area contributed by atoms with Gasteiger partial charge in [0.1, 0.15) is 0 Å². The number of aryl methyl sites for hydroxylation is 1. The van der Waals surface area contributed by atoms with Crippen LogP contribution in [0.1, 0.15) is 6.92 Å². The standard InChI is InChI=1S/C14H16N2O3/c1-3-18-14(17)10-19-13-9-12(15-16(13)2)11-7-5-4-6-8-11/h4-9H,3,10H2,1-2H3. The largest absolute Gasteiger partial charge is 0.466 e. The fourth-order valence-corrected chi connectivity index (χ4v) is 1.67. The molecule has 0 spiro atoms. The van der Waals surface area contributed by atoms with Crippen LogP contribution in [0.2, 0.25) is 0 Å². The number of carbonyl (C=O) groups is 1. The van der Waals surface area contributed by atoms with E-state index in [0.717, 1.165) is 11.3 Å². The molecule has 1 aromatic carbocycles. The summed E-state index contributed by atoms with van der Waals surface area (Å²) >= 11 is 0. The number of ether oxygens (including phenoxy) is 2. The Hall–Kier alpha value is -2.30. The van der Waals surface area contributed by atoms with E-state index in [1.807, 2.05) is 30.3 Å². The van der Waals surface area contributed by atoms with Crippen LogP contribution in [0.5, 0.6) is 5.88 Å². The van der Waals surface area contributed by atoms with Gasteiger partial charge in [-0.05, 0) is 6.92 Å². The van der Waals surface area contributed by atoms with Crippen LogP contribution in [0.15, 0.2) is 36.4 Å². The highest BCUT2D eigenvalue weighted by molar-refractivity contribution is 5.71. The van der Waals surface area contributed by atoms with Gasteiger partial charge in [0.15, 0.2) is 6.61 Å². The Morgan fingerprint density at radius 1 is 1.32 bits per heavy atom. The smallest absolute Gasteiger partial charge is 0.344 e. The van der Waals surface area contributed by atoms with Crippen molar-refractivity contribution in [2.75, 3.05) is 13.2 Å². The predicted octanol–water partition coefficient (Wildman–Crippen LogP) is 2.03. The van der Waals surface area contributed by atoms with E-state index < -0.39 is 0 Å². The second kappa shape index (κ2) is 6.04. The molecule has 0 fully saturated rings. The lowest BCUT2D eigenvalue weighted by Crippen LogP contribution is -2.15. The maximum Gasteiger partial charge on any atom is 0.344 e. The number of hydrogen-bond donors (Lipinski definition) is 0. The van der Waals surface area contributed by atoms with Crippen molar-refractivity contribution in [2.24, 2.45) is 7.05 Å². The Morgan fingerprint density at radius 2 is 2.05 bits per heavy atom. The van der Waals surface area contributed by atoms with Crippen LogP contribution in [0, 0.1) is 0 Å². The van der Waals surface area contributed by atoms with Gasteiger partial charge in [-0.1, -0.05) is 30.3 Å². The molecule has 0 N–H and O–H groups in total. The summed E-state index contributed by atoms with van der Waals surface area (Å²) < 4.78 is 11.8. The average molecular weight is 260 g/mol. The van der Waals surface area contributed by atoms with Gasteiger partial charge in [0.2, 0.25) is 5.88 Å². The molecular formula is C14H16N2O3. The van der Waals surface area contributed by atoms with Gasteiger partial charge < -0.3 is 9.47 Å². The zero-order valence-corrected chi connectivity index (χ0v) is 11.0. The summed E-state index contributed by atoms with van der Waals surface area (Å²) in [6.45, 7) is 2.00. The van der Waals surface area contributed by atoms with Crippen LogP contribution in [-0.2, 0) is 16.6 Å². The van der Waals surface area contributed by atoms with E-state index >= 15 is 0 Å². The predicted molar refractivity (Wildman–Crippen MR) is 70.8 cm³/mol. The van der Waals surface area contributed by atoms with Crippen molar-refractivity contribution in [1.29, 1.82) is 0 Å². The van der Waals surface area contributed by atoms with E-state index in [0.29, 0.717) is 12.5 Å². The number of aromatic nitrogens is 2. The van der Waals surface area contributed by atoms with Gasteiger partial charge in [0.05, 0.1) is 12.3 Å². The van der Waals surface area contributed by atoms with E-state index in [-0.39, 0.29) is 12.6 Å². The molecule has 0 unspecified atom stereocenters. The summed E-state index contributed by atoms with van der Waals surface area (Å²) in [5, 5.41) is 4.34. The zero-order chi connectivity index (χ0) is 13.7. The quantitative estimate of drug-likeness (QED) is 0.772. The molecule has 0 aliphatic rings. The fourth-order valence-electron chi connectivity index (χ4n) is 1.67. The van der Waals surface area contributed by atoms with Gasteiger partial charge in [-0.25, -0.2) is 9.48 Å². The number of hydrogen-bond acceptors (Lipinski definition) is 4. The van der Waals surface area contributed by atoms with Crippen molar-refractivity contribution in [2.45, 2.75) is 6.92 Å². The molecule has 0 bridgehead atoms. The summed E-state index contributed by atoms with van der Waals surface area (Å²) in [5.74, 6) is 0.150. The maximum atomic E-state index is 11.2. The van der Waals surface area contributed by atoms with Gasteiger partial charge in [0, 0.05) is 18.7 Å². The first-order chi connectivity index (χ1) is 9.20. The monoisotopic (exact) mass is 260 g/mol. The van der Waals surface area contributed by atoms with Gasteiger partial charge in [-0.2, -0.15) is 5.10 Å². The molecule has 2 rings (SSSR count). The highest BCUT2D eigenvalue weighted by Crippen LogP contribution is 2.22. The van der Waals surface area contributed by atoms with Crippen molar-refractivity contribution < 1.29 is 14.3 Å². The van der Waals surface area contributed by atoms with E-state index in [9.17, 15) is 4.79 Å². The lowest BCUT2D eigenvalue weighted by atomic mass is 10.2. The minimum atomic E-state index is -0.384. The number of carbonyl (C=O) groups excluding carboxylic acids is 1. The molecule has 1 aromatic heterocycles. The number of rotatable bonds is 5. The van der Waals surface area contributed by atoms with Crippen LogP contribution in [0.25, 0.3) is 11.3 Å². The molecule has 2 aromatic rings. The van der Waals surface area contributed by atoms with Crippen molar-refractivity contribution in [3.8, 4) is 17.1 Å². The van der Waals surface area contributed by atoms with E-state index in [1.54, 1.807) is 24.7 Å². The number of nitrogens with zero attached hydrogens (tertiary/aromatic N) is 2. The molecule has 0 saturated heterocycles. The molecule has 0 amide bonds. The van der Waals surface area contributed by atoms with E-state index in [2.05, 4.69) is 5.10 Å². The van der Waals surface area contributed by atoms with Crippen molar-refractivity contribution in [3.05, 3.63) is 36.4 Å². The van der Waals surface area contributed by atoms with Crippen LogP contribution < -0.4 is 4.74 Å². The third kappa shape index (κ3) is 3.34. The maximum absolute atomic E-state index is 11.2. The lowest BCUT2D eigenvalue weighted by molar-refractivity contribution is -0.145. The molecule has 0 radical (unpaired) electrons. The van der Waals surface area contributed by atoms with E-state index in [1.165, 1.54) is 0 Å². The summed E-state index contributed by atoms with van der Waals surface area (Å²) in [7, 11) is 1.77. The van der Waals surface area contributed by atoms with Gasteiger partial charge in [0.25, 0.3) is 0 Å². The fraction of sp³-hybridized carbons (Fsp3) is 0.286. The second-order valence-electron chi connectivity index (χ2n) is 3.95. The summed E-state index contributed by atoms with van der Waals surface area (Å²) in [5.41, 5.74) is 1.81. The molecule has 19 heavy (non-hydrogen) atoms. The molecule has 5 heteroatoms.